The summed E-state index contributed by atoms with van der Waals surface area (Å²) in [5.41, 5.74) is 1.71. The molecule has 3 nitrogen and oxygen atoms in total. The van der Waals surface area contributed by atoms with E-state index in [-0.39, 0.29) is 0 Å². The SMILES string of the molecule is COc1ccc(CC(O)c2cc(Cl)ccc2Br)cc1OC. The lowest BCUT2D eigenvalue weighted by atomic mass is 10.0. The highest BCUT2D eigenvalue weighted by molar-refractivity contribution is 9.10. The molecule has 2 aromatic rings. The second kappa shape index (κ2) is 7.16. The zero-order valence-corrected chi connectivity index (χ0v) is 14.1. The molecular formula is C16H16BrClO3. The second-order valence-corrected chi connectivity index (χ2v) is 5.87. The number of hydrogen-bond donors (Lipinski definition) is 1. The van der Waals surface area contributed by atoms with Crippen LogP contribution in [0.4, 0.5) is 0 Å². The Hall–Kier alpha value is -1.23. The molecule has 5 heteroatoms. The summed E-state index contributed by atoms with van der Waals surface area (Å²) >= 11 is 9.41. The van der Waals surface area contributed by atoms with Crippen LogP contribution in [0.1, 0.15) is 17.2 Å². The summed E-state index contributed by atoms with van der Waals surface area (Å²) in [6.45, 7) is 0. The first kappa shape index (κ1) is 16.1. The molecule has 0 spiro atoms. The average Bonchev–Trinajstić information content (AvgIpc) is 2.49. The molecule has 0 fully saturated rings. The standard InChI is InChI=1S/C16H16BrClO3/c1-20-15-6-3-10(8-16(15)21-2)7-14(19)12-9-11(18)4-5-13(12)17/h3-6,8-9,14,19H,7H2,1-2H3. The van der Waals surface area contributed by atoms with Crippen molar-refractivity contribution in [1.29, 1.82) is 0 Å². The van der Waals surface area contributed by atoms with Gasteiger partial charge >= 0.3 is 0 Å². The number of methoxy groups -OCH3 is 2. The zero-order chi connectivity index (χ0) is 15.4. The first-order chi connectivity index (χ1) is 10.0. The summed E-state index contributed by atoms with van der Waals surface area (Å²) in [5, 5.41) is 11.0. The van der Waals surface area contributed by atoms with Crippen molar-refractivity contribution in [2.24, 2.45) is 0 Å². The highest BCUT2D eigenvalue weighted by Gasteiger charge is 2.14. The van der Waals surface area contributed by atoms with Crippen molar-refractivity contribution in [1.82, 2.24) is 0 Å². The predicted molar refractivity (Wildman–Crippen MR) is 87.4 cm³/mol. The summed E-state index contributed by atoms with van der Waals surface area (Å²) in [6.07, 6.45) is -0.199. The predicted octanol–water partition coefficient (Wildman–Crippen LogP) is 4.40. The van der Waals surface area contributed by atoms with Crippen LogP contribution >= 0.6 is 27.5 Å². The van der Waals surface area contributed by atoms with Crippen molar-refractivity contribution in [3.63, 3.8) is 0 Å². The molecule has 0 saturated heterocycles. The quantitative estimate of drug-likeness (QED) is 0.847. The van der Waals surface area contributed by atoms with E-state index in [1.807, 2.05) is 24.3 Å². The van der Waals surface area contributed by atoms with Gasteiger partial charge in [0.05, 0.1) is 20.3 Å². The minimum Gasteiger partial charge on any atom is -0.493 e. The molecule has 1 unspecified atom stereocenters. The Morgan fingerprint density at radius 3 is 2.48 bits per heavy atom. The fourth-order valence-corrected chi connectivity index (χ4v) is 2.80. The van der Waals surface area contributed by atoms with Gasteiger partial charge in [0, 0.05) is 15.9 Å². The van der Waals surface area contributed by atoms with E-state index >= 15 is 0 Å². The molecule has 0 radical (unpaired) electrons. The van der Waals surface area contributed by atoms with Gasteiger partial charge < -0.3 is 14.6 Å². The lowest BCUT2D eigenvalue weighted by Crippen LogP contribution is -2.03. The van der Waals surface area contributed by atoms with Crippen LogP contribution in [0, 0.1) is 0 Å². The maximum Gasteiger partial charge on any atom is 0.160 e. The van der Waals surface area contributed by atoms with Gasteiger partial charge in [-0.1, -0.05) is 33.6 Å². The number of hydrogen-bond acceptors (Lipinski definition) is 3. The van der Waals surface area contributed by atoms with Gasteiger partial charge in [0.2, 0.25) is 0 Å². The fraction of sp³-hybridized carbons (Fsp3) is 0.250. The molecule has 0 aromatic heterocycles. The van der Waals surface area contributed by atoms with Crippen molar-refractivity contribution in [3.05, 3.63) is 57.0 Å². The number of ether oxygens (including phenoxy) is 2. The second-order valence-electron chi connectivity index (χ2n) is 4.58. The highest BCUT2D eigenvalue weighted by atomic mass is 79.9. The van der Waals surface area contributed by atoms with Crippen LogP contribution in [0.15, 0.2) is 40.9 Å². The Morgan fingerprint density at radius 2 is 1.81 bits per heavy atom. The molecule has 0 aliphatic heterocycles. The molecule has 112 valence electrons. The molecule has 0 aliphatic carbocycles. The third-order valence-electron chi connectivity index (χ3n) is 3.19. The van der Waals surface area contributed by atoms with Crippen LogP contribution in [0.3, 0.4) is 0 Å². The van der Waals surface area contributed by atoms with E-state index in [1.165, 1.54) is 0 Å². The molecule has 0 amide bonds. The smallest absolute Gasteiger partial charge is 0.160 e. The Labute approximate surface area is 137 Å². The summed E-state index contributed by atoms with van der Waals surface area (Å²) in [5.74, 6) is 1.31. The number of rotatable bonds is 5. The molecule has 0 bridgehead atoms. The van der Waals surface area contributed by atoms with Gasteiger partial charge in [0.1, 0.15) is 0 Å². The minimum atomic E-state index is -0.656. The van der Waals surface area contributed by atoms with Gasteiger partial charge in [-0.2, -0.15) is 0 Å². The maximum absolute atomic E-state index is 10.4. The van der Waals surface area contributed by atoms with Crippen LogP contribution in [0.5, 0.6) is 11.5 Å². The summed E-state index contributed by atoms with van der Waals surface area (Å²) in [7, 11) is 3.18. The summed E-state index contributed by atoms with van der Waals surface area (Å²) in [6, 6.07) is 11.0. The highest BCUT2D eigenvalue weighted by Crippen LogP contribution is 2.32. The van der Waals surface area contributed by atoms with Crippen LogP contribution in [0.2, 0.25) is 5.02 Å². The van der Waals surface area contributed by atoms with Gasteiger partial charge in [0.15, 0.2) is 11.5 Å². The van der Waals surface area contributed by atoms with Crippen molar-refractivity contribution >= 4 is 27.5 Å². The van der Waals surface area contributed by atoms with Crippen LogP contribution in [-0.4, -0.2) is 19.3 Å². The summed E-state index contributed by atoms with van der Waals surface area (Å²) in [4.78, 5) is 0. The van der Waals surface area contributed by atoms with E-state index < -0.39 is 6.10 Å². The van der Waals surface area contributed by atoms with Gasteiger partial charge in [-0.3, -0.25) is 0 Å². The molecule has 0 heterocycles. The number of aliphatic hydroxyl groups excluding tert-OH is 1. The van der Waals surface area contributed by atoms with E-state index in [0.29, 0.717) is 22.9 Å². The largest absolute Gasteiger partial charge is 0.493 e. The minimum absolute atomic E-state index is 0.458. The van der Waals surface area contributed by atoms with Crippen molar-refractivity contribution in [2.45, 2.75) is 12.5 Å². The first-order valence-corrected chi connectivity index (χ1v) is 7.56. The molecule has 0 aliphatic rings. The fourth-order valence-electron chi connectivity index (χ4n) is 2.11. The average molecular weight is 372 g/mol. The van der Waals surface area contributed by atoms with Gasteiger partial charge in [-0.25, -0.2) is 0 Å². The van der Waals surface area contributed by atoms with Gasteiger partial charge in [-0.15, -0.1) is 0 Å². The van der Waals surface area contributed by atoms with Gasteiger partial charge in [-0.05, 0) is 41.5 Å². The van der Waals surface area contributed by atoms with E-state index in [9.17, 15) is 5.11 Å². The molecule has 1 N–H and O–H groups in total. The van der Waals surface area contributed by atoms with Crippen LogP contribution in [0.25, 0.3) is 0 Å². The molecular weight excluding hydrogens is 356 g/mol. The van der Waals surface area contributed by atoms with Crippen molar-refractivity contribution in [3.8, 4) is 11.5 Å². The van der Waals surface area contributed by atoms with E-state index in [1.54, 1.807) is 26.4 Å². The van der Waals surface area contributed by atoms with E-state index in [2.05, 4.69) is 15.9 Å². The Balaban J connectivity index is 2.23. The number of benzene rings is 2. The monoisotopic (exact) mass is 370 g/mol. The molecule has 21 heavy (non-hydrogen) atoms. The molecule has 0 saturated carbocycles. The van der Waals surface area contributed by atoms with Crippen molar-refractivity contribution < 1.29 is 14.6 Å². The third-order valence-corrected chi connectivity index (χ3v) is 4.15. The third kappa shape index (κ3) is 3.90. The van der Waals surface area contributed by atoms with Gasteiger partial charge in [0.25, 0.3) is 0 Å². The lowest BCUT2D eigenvalue weighted by molar-refractivity contribution is 0.177. The first-order valence-electron chi connectivity index (χ1n) is 6.39. The lowest BCUT2D eigenvalue weighted by Gasteiger charge is -2.15. The topological polar surface area (TPSA) is 38.7 Å². The molecule has 2 rings (SSSR count). The Kier molecular flexibility index (Phi) is 5.51. The zero-order valence-electron chi connectivity index (χ0n) is 11.8. The molecule has 2 aromatic carbocycles. The number of aliphatic hydroxyl groups is 1. The maximum atomic E-state index is 10.4. The summed E-state index contributed by atoms with van der Waals surface area (Å²) < 4.78 is 11.3. The molecule has 1 atom stereocenters. The van der Waals surface area contributed by atoms with Crippen LogP contribution in [-0.2, 0) is 6.42 Å². The Bertz CT molecular complexity index is 631. The normalized spacial score (nSPS) is 12.0. The van der Waals surface area contributed by atoms with E-state index in [4.69, 9.17) is 21.1 Å². The van der Waals surface area contributed by atoms with E-state index in [0.717, 1.165) is 15.6 Å². The number of halogens is 2. The van der Waals surface area contributed by atoms with Crippen LogP contribution < -0.4 is 9.47 Å². The Morgan fingerprint density at radius 1 is 1.10 bits per heavy atom. The van der Waals surface area contributed by atoms with Crippen molar-refractivity contribution in [2.75, 3.05) is 14.2 Å².